The summed E-state index contributed by atoms with van der Waals surface area (Å²) in [5, 5.41) is 2.99. The number of carbonyl (C=O) groups is 1. The van der Waals surface area contributed by atoms with Crippen LogP contribution in [0.25, 0.3) is 0 Å². The monoisotopic (exact) mass is 247 g/mol. The molecule has 2 rings (SSSR count). The maximum atomic E-state index is 11.5. The van der Waals surface area contributed by atoms with Gasteiger partial charge >= 0.3 is 0 Å². The van der Waals surface area contributed by atoms with Crippen LogP contribution in [0.5, 0.6) is 0 Å². The SMILES string of the molecule is CC(N)C(=O)NC1CCN(Cc2ccccc2)C1. The van der Waals surface area contributed by atoms with Gasteiger partial charge in [0.2, 0.25) is 5.91 Å². The minimum absolute atomic E-state index is 0.0541. The molecule has 0 bridgehead atoms. The Labute approximate surface area is 108 Å². The van der Waals surface area contributed by atoms with E-state index in [9.17, 15) is 4.79 Å². The number of rotatable bonds is 4. The maximum Gasteiger partial charge on any atom is 0.236 e. The summed E-state index contributed by atoms with van der Waals surface area (Å²) in [6.45, 7) is 4.60. The lowest BCUT2D eigenvalue weighted by atomic mass is 10.2. The fraction of sp³-hybridized carbons (Fsp3) is 0.500. The van der Waals surface area contributed by atoms with E-state index < -0.39 is 6.04 Å². The minimum atomic E-state index is -0.423. The lowest BCUT2D eigenvalue weighted by Gasteiger charge is -2.17. The number of hydrogen-bond acceptors (Lipinski definition) is 3. The Morgan fingerprint density at radius 1 is 1.50 bits per heavy atom. The summed E-state index contributed by atoms with van der Waals surface area (Å²) in [6.07, 6.45) is 1.01. The predicted octanol–water partition coefficient (Wildman–Crippen LogP) is 0.724. The molecule has 1 aliphatic rings. The van der Waals surface area contributed by atoms with Crippen molar-refractivity contribution >= 4 is 5.91 Å². The zero-order chi connectivity index (χ0) is 13.0. The molecule has 0 radical (unpaired) electrons. The molecular formula is C14H21N3O. The van der Waals surface area contributed by atoms with Gasteiger partial charge in [-0.05, 0) is 18.9 Å². The van der Waals surface area contributed by atoms with Gasteiger partial charge in [0.25, 0.3) is 0 Å². The highest BCUT2D eigenvalue weighted by Crippen LogP contribution is 2.13. The first-order valence-electron chi connectivity index (χ1n) is 6.47. The third-order valence-corrected chi connectivity index (χ3v) is 3.28. The van der Waals surface area contributed by atoms with Crippen LogP contribution < -0.4 is 11.1 Å². The van der Waals surface area contributed by atoms with Gasteiger partial charge in [0, 0.05) is 25.7 Å². The van der Waals surface area contributed by atoms with Gasteiger partial charge in [-0.1, -0.05) is 30.3 Å². The number of nitrogens with one attached hydrogen (secondary N) is 1. The van der Waals surface area contributed by atoms with Gasteiger partial charge in [0.05, 0.1) is 6.04 Å². The second-order valence-corrected chi connectivity index (χ2v) is 5.00. The van der Waals surface area contributed by atoms with Crippen LogP contribution in [0, 0.1) is 0 Å². The molecule has 1 aromatic rings. The molecule has 0 saturated carbocycles. The topological polar surface area (TPSA) is 58.4 Å². The summed E-state index contributed by atoms with van der Waals surface area (Å²) >= 11 is 0. The molecule has 1 aliphatic heterocycles. The molecule has 4 nitrogen and oxygen atoms in total. The molecule has 1 saturated heterocycles. The number of carbonyl (C=O) groups excluding carboxylic acids is 1. The second kappa shape index (κ2) is 5.98. The number of hydrogen-bond donors (Lipinski definition) is 2. The summed E-state index contributed by atoms with van der Waals surface area (Å²) in [5.74, 6) is -0.0541. The molecule has 98 valence electrons. The van der Waals surface area contributed by atoms with Gasteiger partial charge in [-0.25, -0.2) is 0 Å². The van der Waals surface area contributed by atoms with Gasteiger partial charge in [-0.3, -0.25) is 9.69 Å². The molecule has 0 aliphatic carbocycles. The van der Waals surface area contributed by atoms with Crippen molar-refractivity contribution in [2.75, 3.05) is 13.1 Å². The fourth-order valence-electron chi connectivity index (χ4n) is 2.27. The van der Waals surface area contributed by atoms with Gasteiger partial charge in [0.1, 0.15) is 0 Å². The molecule has 1 fully saturated rings. The van der Waals surface area contributed by atoms with Crippen molar-refractivity contribution in [2.24, 2.45) is 5.73 Å². The highest BCUT2D eigenvalue weighted by Gasteiger charge is 2.24. The average molecular weight is 247 g/mol. The van der Waals surface area contributed by atoms with Crippen LogP contribution in [-0.4, -0.2) is 36.0 Å². The van der Waals surface area contributed by atoms with Crippen LogP contribution in [0.2, 0.25) is 0 Å². The van der Waals surface area contributed by atoms with E-state index in [2.05, 4.69) is 34.5 Å². The van der Waals surface area contributed by atoms with Gasteiger partial charge in [-0.15, -0.1) is 0 Å². The predicted molar refractivity (Wildman–Crippen MR) is 71.9 cm³/mol. The lowest BCUT2D eigenvalue weighted by Crippen LogP contribution is -2.44. The van der Waals surface area contributed by atoms with E-state index >= 15 is 0 Å². The van der Waals surface area contributed by atoms with E-state index in [1.54, 1.807) is 6.92 Å². The smallest absolute Gasteiger partial charge is 0.236 e. The molecular weight excluding hydrogens is 226 g/mol. The Morgan fingerprint density at radius 2 is 2.22 bits per heavy atom. The van der Waals surface area contributed by atoms with Crippen molar-refractivity contribution in [3.05, 3.63) is 35.9 Å². The third-order valence-electron chi connectivity index (χ3n) is 3.28. The van der Waals surface area contributed by atoms with E-state index in [4.69, 9.17) is 5.73 Å². The molecule has 3 N–H and O–H groups in total. The molecule has 0 spiro atoms. The zero-order valence-corrected chi connectivity index (χ0v) is 10.8. The molecule has 1 amide bonds. The van der Waals surface area contributed by atoms with Crippen molar-refractivity contribution < 1.29 is 4.79 Å². The van der Waals surface area contributed by atoms with Crippen molar-refractivity contribution in [1.82, 2.24) is 10.2 Å². The number of amides is 1. The van der Waals surface area contributed by atoms with Crippen molar-refractivity contribution in [3.8, 4) is 0 Å². The Kier molecular flexibility index (Phi) is 4.33. The Hall–Kier alpha value is -1.39. The summed E-state index contributed by atoms with van der Waals surface area (Å²) in [4.78, 5) is 13.9. The van der Waals surface area contributed by atoms with Crippen LogP contribution in [0.3, 0.4) is 0 Å². The van der Waals surface area contributed by atoms with E-state index in [0.29, 0.717) is 0 Å². The highest BCUT2D eigenvalue weighted by molar-refractivity contribution is 5.81. The number of benzene rings is 1. The first kappa shape index (κ1) is 13.1. The molecule has 1 aromatic carbocycles. The van der Waals surface area contributed by atoms with Gasteiger partial charge in [0.15, 0.2) is 0 Å². The Morgan fingerprint density at radius 3 is 2.89 bits per heavy atom. The number of nitrogens with zero attached hydrogens (tertiary/aromatic N) is 1. The average Bonchev–Trinajstić information content (AvgIpc) is 2.77. The van der Waals surface area contributed by atoms with Gasteiger partial charge in [-0.2, -0.15) is 0 Å². The summed E-state index contributed by atoms with van der Waals surface area (Å²) in [5.41, 5.74) is 6.86. The summed E-state index contributed by atoms with van der Waals surface area (Å²) in [7, 11) is 0. The molecule has 2 atom stereocenters. The number of nitrogens with two attached hydrogens (primary N) is 1. The molecule has 18 heavy (non-hydrogen) atoms. The summed E-state index contributed by atoms with van der Waals surface area (Å²) < 4.78 is 0. The van der Waals surface area contributed by atoms with E-state index in [1.165, 1.54) is 5.56 Å². The van der Waals surface area contributed by atoms with Crippen molar-refractivity contribution in [1.29, 1.82) is 0 Å². The van der Waals surface area contributed by atoms with Crippen LogP contribution in [0.4, 0.5) is 0 Å². The maximum absolute atomic E-state index is 11.5. The van der Waals surface area contributed by atoms with Crippen LogP contribution in [0.1, 0.15) is 18.9 Å². The molecule has 0 aromatic heterocycles. The Bertz CT molecular complexity index is 391. The molecule has 2 unspecified atom stereocenters. The second-order valence-electron chi connectivity index (χ2n) is 5.00. The highest BCUT2D eigenvalue weighted by atomic mass is 16.2. The van der Waals surface area contributed by atoms with Gasteiger partial charge < -0.3 is 11.1 Å². The van der Waals surface area contributed by atoms with Crippen molar-refractivity contribution in [2.45, 2.75) is 32.0 Å². The van der Waals surface area contributed by atoms with Crippen LogP contribution >= 0.6 is 0 Å². The van der Waals surface area contributed by atoms with E-state index in [1.807, 2.05) is 6.07 Å². The fourth-order valence-corrected chi connectivity index (χ4v) is 2.27. The standard InChI is InChI=1S/C14H21N3O/c1-11(15)14(18)16-13-7-8-17(10-13)9-12-5-3-2-4-6-12/h2-6,11,13H,7-10,15H2,1H3,(H,16,18). The van der Waals surface area contributed by atoms with Crippen molar-refractivity contribution in [3.63, 3.8) is 0 Å². The first-order chi connectivity index (χ1) is 8.65. The molecule has 4 heteroatoms. The van der Waals surface area contributed by atoms with Crippen LogP contribution in [0.15, 0.2) is 30.3 Å². The largest absolute Gasteiger partial charge is 0.351 e. The zero-order valence-electron chi connectivity index (χ0n) is 10.8. The van der Waals surface area contributed by atoms with E-state index in [-0.39, 0.29) is 11.9 Å². The molecule has 1 heterocycles. The normalized spacial score (nSPS) is 21.8. The lowest BCUT2D eigenvalue weighted by molar-refractivity contribution is -0.122. The van der Waals surface area contributed by atoms with Crippen LogP contribution in [-0.2, 0) is 11.3 Å². The third kappa shape index (κ3) is 3.55. The minimum Gasteiger partial charge on any atom is -0.351 e. The van der Waals surface area contributed by atoms with E-state index in [0.717, 1.165) is 26.1 Å². The number of likely N-dealkylation sites (tertiary alicyclic amines) is 1. The quantitative estimate of drug-likeness (QED) is 0.824. The summed E-state index contributed by atoms with van der Waals surface area (Å²) in [6, 6.07) is 10.2. The Balaban J connectivity index is 1.80. The first-order valence-corrected chi connectivity index (χ1v) is 6.47.